The molecule has 0 spiro atoms. The summed E-state index contributed by atoms with van der Waals surface area (Å²) in [5.74, 6) is 0. The maximum Gasteiger partial charge on any atom is 0.186 e. The van der Waals surface area contributed by atoms with E-state index in [-0.39, 0.29) is 0 Å². The monoisotopic (exact) mass is 250 g/mol. The molecule has 2 N–H and O–H groups in total. The van der Waals surface area contributed by atoms with Crippen molar-refractivity contribution in [3.05, 3.63) is 29.8 Å². The van der Waals surface area contributed by atoms with Gasteiger partial charge in [0.05, 0.1) is 6.21 Å². The summed E-state index contributed by atoms with van der Waals surface area (Å²) in [5.41, 5.74) is 4.94. The Morgan fingerprint density at radius 2 is 2.00 bits per heavy atom. The molecular formula is C12H18N4S. The molecule has 92 valence electrons. The number of anilines is 1. The molecule has 17 heavy (non-hydrogen) atoms. The molecule has 0 aliphatic heterocycles. The van der Waals surface area contributed by atoms with Crippen LogP contribution in [0.25, 0.3) is 0 Å². The Bertz CT molecular complexity index is 384. The smallest absolute Gasteiger partial charge is 0.186 e. The second kappa shape index (κ2) is 6.85. The summed E-state index contributed by atoms with van der Waals surface area (Å²) in [6, 6.07) is 8.11. The van der Waals surface area contributed by atoms with Crippen LogP contribution in [-0.2, 0) is 0 Å². The zero-order chi connectivity index (χ0) is 12.7. The molecule has 0 amide bonds. The highest BCUT2D eigenvalue weighted by Gasteiger charge is 1.94. The number of benzene rings is 1. The maximum absolute atomic E-state index is 4.98. The zero-order valence-corrected chi connectivity index (χ0v) is 11.2. The fraction of sp³-hybridized carbons (Fsp3) is 0.333. The number of hydrogen-bond donors (Lipinski definition) is 2. The van der Waals surface area contributed by atoms with Crippen LogP contribution in [0, 0.1) is 0 Å². The topological polar surface area (TPSA) is 39.7 Å². The van der Waals surface area contributed by atoms with Gasteiger partial charge in [0.25, 0.3) is 0 Å². The van der Waals surface area contributed by atoms with E-state index in [4.69, 9.17) is 12.2 Å². The second-order valence-corrected chi connectivity index (χ2v) is 4.12. The van der Waals surface area contributed by atoms with Crippen LogP contribution in [0.5, 0.6) is 0 Å². The Kier molecular flexibility index (Phi) is 5.42. The minimum atomic E-state index is 0.536. The van der Waals surface area contributed by atoms with Gasteiger partial charge in [-0.05, 0) is 36.8 Å². The summed E-state index contributed by atoms with van der Waals surface area (Å²) in [7, 11) is 4.03. The highest BCUT2D eigenvalue weighted by Crippen LogP contribution is 2.10. The standard InChI is InChI=1S/C12H18N4S/c1-4-13-12(17)15-14-9-10-5-7-11(8-6-10)16(2)3/h5-9H,4H2,1-3H3,(H2,13,15,17). The van der Waals surface area contributed by atoms with E-state index in [0.29, 0.717) is 5.11 Å². The molecule has 0 atom stereocenters. The lowest BCUT2D eigenvalue weighted by molar-refractivity contribution is 0.904. The Morgan fingerprint density at radius 1 is 1.35 bits per heavy atom. The summed E-state index contributed by atoms with van der Waals surface area (Å²) in [6.45, 7) is 2.77. The molecule has 0 bridgehead atoms. The van der Waals surface area contributed by atoms with Gasteiger partial charge in [0, 0.05) is 26.3 Å². The molecule has 1 rings (SSSR count). The molecule has 0 fully saturated rings. The van der Waals surface area contributed by atoms with Gasteiger partial charge in [-0.25, -0.2) is 0 Å². The summed E-state index contributed by atoms with van der Waals surface area (Å²) in [6.07, 6.45) is 1.74. The quantitative estimate of drug-likeness (QED) is 0.483. The van der Waals surface area contributed by atoms with Gasteiger partial charge in [-0.15, -0.1) is 0 Å². The van der Waals surface area contributed by atoms with E-state index in [1.807, 2.05) is 45.3 Å². The lowest BCUT2D eigenvalue weighted by Gasteiger charge is -2.11. The van der Waals surface area contributed by atoms with Crippen LogP contribution in [0.4, 0.5) is 5.69 Å². The van der Waals surface area contributed by atoms with Gasteiger partial charge >= 0.3 is 0 Å². The highest BCUT2D eigenvalue weighted by atomic mass is 32.1. The Morgan fingerprint density at radius 3 is 2.53 bits per heavy atom. The molecule has 0 saturated heterocycles. The van der Waals surface area contributed by atoms with Crippen molar-refractivity contribution in [2.45, 2.75) is 6.92 Å². The van der Waals surface area contributed by atoms with Crippen LogP contribution in [0.15, 0.2) is 29.4 Å². The van der Waals surface area contributed by atoms with Crippen molar-refractivity contribution in [3.63, 3.8) is 0 Å². The molecule has 1 aromatic rings. The third kappa shape index (κ3) is 4.82. The number of nitrogens with one attached hydrogen (secondary N) is 2. The predicted molar refractivity (Wildman–Crippen MR) is 77.8 cm³/mol. The van der Waals surface area contributed by atoms with Gasteiger partial charge in [-0.1, -0.05) is 12.1 Å². The summed E-state index contributed by atoms with van der Waals surface area (Å²) in [4.78, 5) is 2.06. The first kappa shape index (κ1) is 13.4. The summed E-state index contributed by atoms with van der Waals surface area (Å²) in [5, 5.41) is 7.53. The largest absolute Gasteiger partial charge is 0.378 e. The van der Waals surface area contributed by atoms with Crippen LogP contribution in [0.1, 0.15) is 12.5 Å². The van der Waals surface area contributed by atoms with E-state index < -0.39 is 0 Å². The van der Waals surface area contributed by atoms with Crippen LogP contribution in [0.2, 0.25) is 0 Å². The van der Waals surface area contributed by atoms with E-state index in [1.165, 1.54) is 5.69 Å². The van der Waals surface area contributed by atoms with Crippen molar-refractivity contribution >= 4 is 29.2 Å². The second-order valence-electron chi connectivity index (χ2n) is 3.72. The summed E-state index contributed by atoms with van der Waals surface area (Å²) < 4.78 is 0. The van der Waals surface area contributed by atoms with E-state index in [1.54, 1.807) is 6.21 Å². The average molecular weight is 250 g/mol. The highest BCUT2D eigenvalue weighted by molar-refractivity contribution is 7.80. The molecule has 0 aromatic heterocycles. The molecule has 0 aliphatic carbocycles. The lowest BCUT2D eigenvalue weighted by atomic mass is 10.2. The molecular weight excluding hydrogens is 232 g/mol. The fourth-order valence-corrected chi connectivity index (χ4v) is 1.42. The van der Waals surface area contributed by atoms with E-state index in [0.717, 1.165) is 12.1 Å². The van der Waals surface area contributed by atoms with Crippen molar-refractivity contribution in [2.24, 2.45) is 5.10 Å². The Labute approximate surface area is 108 Å². The SMILES string of the molecule is CCNC(=S)NN=Cc1ccc(N(C)C)cc1. The molecule has 0 unspecified atom stereocenters. The normalized spacial score (nSPS) is 10.3. The number of thiocarbonyl (C=S) groups is 1. The van der Waals surface area contributed by atoms with Gasteiger partial charge in [0.15, 0.2) is 5.11 Å². The number of hydrogen-bond acceptors (Lipinski definition) is 3. The molecule has 0 aliphatic rings. The first-order valence-electron chi connectivity index (χ1n) is 5.47. The minimum Gasteiger partial charge on any atom is -0.378 e. The predicted octanol–water partition coefficient (Wildman–Crippen LogP) is 1.57. The minimum absolute atomic E-state index is 0.536. The molecule has 1 aromatic carbocycles. The van der Waals surface area contributed by atoms with Crippen molar-refractivity contribution in [1.82, 2.24) is 10.7 Å². The van der Waals surface area contributed by atoms with Crippen LogP contribution < -0.4 is 15.6 Å². The number of nitrogens with zero attached hydrogens (tertiary/aromatic N) is 2. The third-order valence-electron chi connectivity index (χ3n) is 2.13. The third-order valence-corrected chi connectivity index (χ3v) is 2.36. The van der Waals surface area contributed by atoms with Crippen molar-refractivity contribution < 1.29 is 0 Å². The first-order chi connectivity index (χ1) is 8.13. The average Bonchev–Trinajstić information content (AvgIpc) is 2.30. The van der Waals surface area contributed by atoms with Crippen LogP contribution >= 0.6 is 12.2 Å². The van der Waals surface area contributed by atoms with Crippen molar-refractivity contribution in [1.29, 1.82) is 0 Å². The first-order valence-corrected chi connectivity index (χ1v) is 5.88. The van der Waals surface area contributed by atoms with Gasteiger partial charge < -0.3 is 10.2 Å². The lowest BCUT2D eigenvalue weighted by Crippen LogP contribution is -2.31. The number of hydrazone groups is 1. The molecule has 5 heteroatoms. The van der Waals surface area contributed by atoms with Gasteiger partial charge in [0.2, 0.25) is 0 Å². The van der Waals surface area contributed by atoms with E-state index in [9.17, 15) is 0 Å². The number of rotatable bonds is 4. The summed E-state index contributed by atoms with van der Waals surface area (Å²) >= 11 is 4.98. The van der Waals surface area contributed by atoms with E-state index >= 15 is 0 Å². The van der Waals surface area contributed by atoms with E-state index in [2.05, 4.69) is 20.7 Å². The molecule has 0 radical (unpaired) electrons. The van der Waals surface area contributed by atoms with Gasteiger partial charge in [0.1, 0.15) is 0 Å². The fourth-order valence-electron chi connectivity index (χ4n) is 1.22. The molecule has 0 heterocycles. The molecule has 4 nitrogen and oxygen atoms in total. The zero-order valence-electron chi connectivity index (χ0n) is 10.4. The van der Waals surface area contributed by atoms with Crippen molar-refractivity contribution in [2.75, 3.05) is 25.5 Å². The molecule has 0 saturated carbocycles. The van der Waals surface area contributed by atoms with Gasteiger partial charge in [-0.3, -0.25) is 5.43 Å². The van der Waals surface area contributed by atoms with Gasteiger partial charge in [-0.2, -0.15) is 5.10 Å². The Hall–Kier alpha value is -1.62. The van der Waals surface area contributed by atoms with Crippen LogP contribution in [0.3, 0.4) is 0 Å². The van der Waals surface area contributed by atoms with Crippen LogP contribution in [-0.4, -0.2) is 32.0 Å². The Balaban J connectivity index is 2.51. The van der Waals surface area contributed by atoms with Crippen molar-refractivity contribution in [3.8, 4) is 0 Å². The maximum atomic E-state index is 4.98.